The molecule has 3 aromatic rings. The Bertz CT molecular complexity index is 1190. The van der Waals surface area contributed by atoms with Crippen molar-refractivity contribution in [3.05, 3.63) is 102 Å². The molecule has 0 radical (unpaired) electrons. The maximum atomic E-state index is 12.8. The van der Waals surface area contributed by atoms with E-state index in [-0.39, 0.29) is 5.75 Å². The Morgan fingerprint density at radius 3 is 2.03 bits per heavy atom. The van der Waals surface area contributed by atoms with Gasteiger partial charge in [0.15, 0.2) is 9.84 Å². The summed E-state index contributed by atoms with van der Waals surface area (Å²) in [4.78, 5) is 0.338. The van der Waals surface area contributed by atoms with E-state index in [9.17, 15) is 13.5 Å². The number of aryl methyl sites for hydroxylation is 1. The molecule has 0 spiro atoms. The first-order valence-electron chi connectivity index (χ1n) is 9.68. The number of aromatic hydroxyl groups is 1. The summed E-state index contributed by atoms with van der Waals surface area (Å²) in [6.07, 6.45) is 5.58. The van der Waals surface area contributed by atoms with Crippen molar-refractivity contribution in [3.8, 4) is 22.6 Å². The van der Waals surface area contributed by atoms with Crippen LogP contribution >= 0.6 is 0 Å². The standard InChI is InChI=1S/C25H22O4S/c1-18-2-14-24(15-3-18)30(27,28)25-16-12-23(13-17-25)29-22-10-6-20(7-11-22)19-4-8-21(26)9-5-19/h2-16,25-26H,17H2,1H3. The van der Waals surface area contributed by atoms with Gasteiger partial charge in [-0.05, 0) is 73.0 Å². The van der Waals surface area contributed by atoms with Gasteiger partial charge in [-0.3, -0.25) is 0 Å². The predicted molar refractivity (Wildman–Crippen MR) is 118 cm³/mol. The monoisotopic (exact) mass is 418 g/mol. The van der Waals surface area contributed by atoms with E-state index in [0.29, 0.717) is 22.8 Å². The molecular formula is C25H22O4S. The molecule has 4 rings (SSSR count). The third kappa shape index (κ3) is 4.31. The van der Waals surface area contributed by atoms with E-state index in [1.807, 2.05) is 61.5 Å². The Hall–Kier alpha value is -3.31. The van der Waals surface area contributed by atoms with Gasteiger partial charge in [-0.1, -0.05) is 48.0 Å². The predicted octanol–water partition coefficient (Wildman–Crippen LogP) is 5.43. The summed E-state index contributed by atoms with van der Waals surface area (Å²) >= 11 is 0. The normalized spacial score (nSPS) is 16.2. The molecule has 1 aliphatic rings. The largest absolute Gasteiger partial charge is 0.508 e. The van der Waals surface area contributed by atoms with E-state index in [1.54, 1.807) is 36.4 Å². The van der Waals surface area contributed by atoms with E-state index < -0.39 is 15.1 Å². The minimum absolute atomic E-state index is 0.234. The first-order chi connectivity index (χ1) is 14.4. The number of sulfone groups is 1. The number of rotatable bonds is 5. The minimum atomic E-state index is -3.42. The minimum Gasteiger partial charge on any atom is -0.508 e. The highest BCUT2D eigenvalue weighted by atomic mass is 32.2. The highest BCUT2D eigenvalue weighted by Gasteiger charge is 2.26. The molecule has 4 nitrogen and oxygen atoms in total. The number of benzene rings is 3. The van der Waals surface area contributed by atoms with E-state index in [1.165, 1.54) is 0 Å². The highest BCUT2D eigenvalue weighted by molar-refractivity contribution is 7.92. The molecule has 1 aliphatic carbocycles. The summed E-state index contributed by atoms with van der Waals surface area (Å²) < 4.78 is 31.5. The van der Waals surface area contributed by atoms with Crippen molar-refractivity contribution in [2.45, 2.75) is 23.5 Å². The maximum Gasteiger partial charge on any atom is 0.185 e. The molecule has 0 saturated carbocycles. The first kappa shape index (κ1) is 20.0. The van der Waals surface area contributed by atoms with Crippen molar-refractivity contribution < 1.29 is 18.3 Å². The Morgan fingerprint density at radius 2 is 1.47 bits per heavy atom. The molecule has 0 aliphatic heterocycles. The van der Waals surface area contributed by atoms with Gasteiger partial charge in [0.25, 0.3) is 0 Å². The van der Waals surface area contributed by atoms with E-state index in [4.69, 9.17) is 4.74 Å². The van der Waals surface area contributed by atoms with Crippen LogP contribution in [0, 0.1) is 6.92 Å². The van der Waals surface area contributed by atoms with E-state index in [0.717, 1.165) is 16.7 Å². The number of hydrogen-bond donors (Lipinski definition) is 1. The second-order valence-electron chi connectivity index (χ2n) is 7.27. The summed E-state index contributed by atoms with van der Waals surface area (Å²) in [5.74, 6) is 1.54. The van der Waals surface area contributed by atoms with Crippen LogP contribution in [0.3, 0.4) is 0 Å². The molecule has 152 valence electrons. The van der Waals surface area contributed by atoms with Crippen LogP contribution in [0.4, 0.5) is 0 Å². The van der Waals surface area contributed by atoms with Crippen LogP contribution in [-0.4, -0.2) is 18.8 Å². The molecule has 1 atom stereocenters. The lowest BCUT2D eigenvalue weighted by Crippen LogP contribution is -2.21. The Kier molecular flexibility index (Phi) is 5.46. The molecule has 1 N–H and O–H groups in total. The summed E-state index contributed by atoms with van der Waals surface area (Å²) in [6.45, 7) is 1.93. The van der Waals surface area contributed by atoms with Crippen LogP contribution in [0.25, 0.3) is 11.1 Å². The van der Waals surface area contributed by atoms with Crippen molar-refractivity contribution in [2.75, 3.05) is 0 Å². The Balaban J connectivity index is 1.42. The lowest BCUT2D eigenvalue weighted by Gasteiger charge is -2.17. The van der Waals surface area contributed by atoms with Crippen LogP contribution < -0.4 is 4.74 Å². The Labute approximate surface area is 176 Å². The maximum absolute atomic E-state index is 12.8. The molecule has 3 aromatic carbocycles. The zero-order valence-corrected chi connectivity index (χ0v) is 17.3. The van der Waals surface area contributed by atoms with Crippen molar-refractivity contribution in [2.24, 2.45) is 0 Å². The van der Waals surface area contributed by atoms with Crippen molar-refractivity contribution in [3.63, 3.8) is 0 Å². The van der Waals surface area contributed by atoms with Gasteiger partial charge < -0.3 is 9.84 Å². The van der Waals surface area contributed by atoms with Crippen LogP contribution in [0.1, 0.15) is 12.0 Å². The number of phenolic OH excluding ortho intramolecular Hbond substituents is 1. The third-order valence-corrected chi connectivity index (χ3v) is 7.14. The van der Waals surface area contributed by atoms with Crippen molar-refractivity contribution >= 4 is 9.84 Å². The van der Waals surface area contributed by atoms with Gasteiger partial charge in [0.05, 0.1) is 10.1 Å². The zero-order chi connectivity index (χ0) is 21.1. The molecule has 30 heavy (non-hydrogen) atoms. The molecule has 0 saturated heterocycles. The number of hydrogen-bond acceptors (Lipinski definition) is 4. The van der Waals surface area contributed by atoms with Gasteiger partial charge in [0.2, 0.25) is 0 Å². The van der Waals surface area contributed by atoms with Gasteiger partial charge in [-0.15, -0.1) is 0 Å². The van der Waals surface area contributed by atoms with Gasteiger partial charge in [-0.25, -0.2) is 8.42 Å². The molecule has 0 heterocycles. The van der Waals surface area contributed by atoms with Crippen LogP contribution in [0.15, 0.2) is 102 Å². The zero-order valence-electron chi connectivity index (χ0n) is 16.5. The molecular weight excluding hydrogens is 396 g/mol. The van der Waals surface area contributed by atoms with Gasteiger partial charge >= 0.3 is 0 Å². The highest BCUT2D eigenvalue weighted by Crippen LogP contribution is 2.28. The molecule has 0 bridgehead atoms. The second kappa shape index (κ2) is 8.20. The first-order valence-corrected chi connectivity index (χ1v) is 11.2. The van der Waals surface area contributed by atoms with Gasteiger partial charge in [-0.2, -0.15) is 0 Å². The number of allylic oxidation sites excluding steroid dienone is 2. The summed E-state index contributed by atoms with van der Waals surface area (Å²) in [5.41, 5.74) is 3.04. The second-order valence-corrected chi connectivity index (χ2v) is 9.44. The fraction of sp³-hybridized carbons (Fsp3) is 0.120. The lowest BCUT2D eigenvalue weighted by molar-refractivity contribution is 0.439. The average molecular weight is 419 g/mol. The number of phenols is 1. The van der Waals surface area contributed by atoms with Crippen LogP contribution in [0.2, 0.25) is 0 Å². The molecule has 0 fully saturated rings. The number of ether oxygens (including phenoxy) is 1. The third-order valence-electron chi connectivity index (χ3n) is 5.07. The van der Waals surface area contributed by atoms with Crippen LogP contribution in [-0.2, 0) is 9.84 Å². The lowest BCUT2D eigenvalue weighted by atomic mass is 10.1. The molecule has 1 unspecified atom stereocenters. The van der Waals surface area contributed by atoms with Crippen molar-refractivity contribution in [1.29, 1.82) is 0 Å². The summed E-state index contributed by atoms with van der Waals surface area (Å²) in [6, 6.07) is 21.6. The van der Waals surface area contributed by atoms with Crippen molar-refractivity contribution in [1.82, 2.24) is 0 Å². The smallest absolute Gasteiger partial charge is 0.185 e. The average Bonchev–Trinajstić information content (AvgIpc) is 2.76. The summed E-state index contributed by atoms with van der Waals surface area (Å²) in [7, 11) is -3.42. The van der Waals surface area contributed by atoms with Gasteiger partial charge in [0.1, 0.15) is 17.3 Å². The Morgan fingerprint density at radius 1 is 0.867 bits per heavy atom. The fourth-order valence-electron chi connectivity index (χ4n) is 3.30. The molecule has 5 heteroatoms. The van der Waals surface area contributed by atoms with E-state index >= 15 is 0 Å². The van der Waals surface area contributed by atoms with E-state index in [2.05, 4.69) is 0 Å². The SMILES string of the molecule is Cc1ccc(S(=O)(=O)C2C=CC(Oc3ccc(-c4ccc(O)cc4)cc3)=CC2)cc1. The molecule has 0 aromatic heterocycles. The van der Waals surface area contributed by atoms with Gasteiger partial charge in [0, 0.05) is 0 Å². The fourth-order valence-corrected chi connectivity index (χ4v) is 4.80. The topological polar surface area (TPSA) is 63.6 Å². The molecule has 0 amide bonds. The van der Waals surface area contributed by atoms with Crippen LogP contribution in [0.5, 0.6) is 11.5 Å². The quantitative estimate of drug-likeness (QED) is 0.600. The summed E-state index contributed by atoms with van der Waals surface area (Å²) in [5, 5.41) is 8.81.